The lowest BCUT2D eigenvalue weighted by Crippen LogP contribution is -2.55. The first kappa shape index (κ1) is 21.4. The summed E-state index contributed by atoms with van der Waals surface area (Å²) in [5.74, 6) is 1.31. The average Bonchev–Trinajstić information content (AvgIpc) is 2.71. The van der Waals surface area contributed by atoms with E-state index in [0.29, 0.717) is 31.2 Å². The van der Waals surface area contributed by atoms with Gasteiger partial charge in [0.25, 0.3) is 0 Å². The molecule has 0 spiro atoms. The molecular weight excluding hydrogens is 382 g/mol. The number of pyridine rings is 2. The molecule has 2 aromatic heterocycles. The third-order valence-corrected chi connectivity index (χ3v) is 4.59. The van der Waals surface area contributed by atoms with E-state index in [-0.39, 0.29) is 18.7 Å². The van der Waals surface area contributed by atoms with Crippen molar-refractivity contribution in [3.8, 4) is 5.88 Å². The van der Waals surface area contributed by atoms with Crippen molar-refractivity contribution in [2.75, 3.05) is 24.5 Å². The van der Waals surface area contributed by atoms with Gasteiger partial charge in [-0.05, 0) is 39.8 Å². The normalized spacial score (nSPS) is 16.7. The molecule has 0 aliphatic carbocycles. The number of rotatable bonds is 4. The summed E-state index contributed by atoms with van der Waals surface area (Å²) < 4.78 is 11.3. The standard InChI is InChI=1S/C22H27N5O3/c1-16-14-26(11-12-27(16)21(28)30-22(2,3)4)19-7-6-8-20(25-19)29-15-18-10-9-17(23-5)13-24-18/h6-10,13,16H,11-12,14-15H2,1-4H3/t16-/m0/s1. The van der Waals surface area contributed by atoms with E-state index >= 15 is 0 Å². The Bertz CT molecular complexity index is 918. The van der Waals surface area contributed by atoms with Gasteiger partial charge in [-0.2, -0.15) is 4.98 Å². The van der Waals surface area contributed by atoms with Crippen LogP contribution in [0.2, 0.25) is 0 Å². The van der Waals surface area contributed by atoms with Crippen LogP contribution in [0.4, 0.5) is 16.3 Å². The fourth-order valence-corrected chi connectivity index (χ4v) is 3.13. The Labute approximate surface area is 177 Å². The van der Waals surface area contributed by atoms with Gasteiger partial charge in [0.2, 0.25) is 11.6 Å². The van der Waals surface area contributed by atoms with Crippen molar-refractivity contribution in [2.45, 2.75) is 45.9 Å². The summed E-state index contributed by atoms with van der Waals surface area (Å²) in [5, 5.41) is 0. The first-order chi connectivity index (χ1) is 14.2. The van der Waals surface area contributed by atoms with Crippen molar-refractivity contribution in [3.05, 3.63) is 53.6 Å². The fourth-order valence-electron chi connectivity index (χ4n) is 3.13. The van der Waals surface area contributed by atoms with Crippen LogP contribution in [0.25, 0.3) is 4.85 Å². The lowest BCUT2D eigenvalue weighted by atomic mass is 10.2. The molecule has 0 N–H and O–H groups in total. The lowest BCUT2D eigenvalue weighted by molar-refractivity contribution is 0.0158. The minimum atomic E-state index is -0.508. The number of piperazine rings is 1. The van der Waals surface area contributed by atoms with Crippen LogP contribution in [-0.4, -0.2) is 52.2 Å². The van der Waals surface area contributed by atoms with Crippen LogP contribution >= 0.6 is 0 Å². The predicted octanol–water partition coefficient (Wildman–Crippen LogP) is 4.05. The van der Waals surface area contributed by atoms with E-state index < -0.39 is 5.60 Å². The van der Waals surface area contributed by atoms with Crippen molar-refractivity contribution >= 4 is 17.6 Å². The molecule has 1 aliphatic heterocycles. The molecule has 30 heavy (non-hydrogen) atoms. The van der Waals surface area contributed by atoms with Crippen LogP contribution < -0.4 is 9.64 Å². The first-order valence-electron chi connectivity index (χ1n) is 9.92. The molecule has 158 valence electrons. The van der Waals surface area contributed by atoms with Crippen molar-refractivity contribution in [1.82, 2.24) is 14.9 Å². The minimum Gasteiger partial charge on any atom is -0.471 e. The van der Waals surface area contributed by atoms with Gasteiger partial charge in [-0.25, -0.2) is 9.64 Å². The molecule has 8 nitrogen and oxygen atoms in total. The largest absolute Gasteiger partial charge is 0.471 e. The van der Waals surface area contributed by atoms with E-state index in [1.807, 2.05) is 39.8 Å². The van der Waals surface area contributed by atoms with Crippen molar-refractivity contribution in [3.63, 3.8) is 0 Å². The third kappa shape index (κ3) is 5.60. The SMILES string of the molecule is [C-]#[N+]c1ccc(COc2cccc(N3CCN(C(=O)OC(C)(C)C)[C@@H](C)C3)n2)nc1. The van der Waals surface area contributed by atoms with Crippen LogP contribution in [0.1, 0.15) is 33.4 Å². The van der Waals surface area contributed by atoms with Gasteiger partial charge in [0.15, 0.2) is 0 Å². The summed E-state index contributed by atoms with van der Waals surface area (Å²) in [6.07, 6.45) is 1.25. The molecule has 1 saturated heterocycles. The maximum absolute atomic E-state index is 12.4. The number of aromatic nitrogens is 2. The number of amides is 1. The Morgan fingerprint density at radius 3 is 2.70 bits per heavy atom. The second-order valence-corrected chi connectivity index (χ2v) is 8.21. The van der Waals surface area contributed by atoms with Crippen LogP contribution in [0.3, 0.4) is 0 Å². The summed E-state index contributed by atoms with van der Waals surface area (Å²) in [4.78, 5) is 28.5. The Morgan fingerprint density at radius 1 is 1.27 bits per heavy atom. The number of nitrogens with zero attached hydrogens (tertiary/aromatic N) is 5. The summed E-state index contributed by atoms with van der Waals surface area (Å²) in [7, 11) is 0. The van der Waals surface area contributed by atoms with Gasteiger partial charge >= 0.3 is 6.09 Å². The Balaban J connectivity index is 1.59. The maximum Gasteiger partial charge on any atom is 0.410 e. The van der Waals surface area contributed by atoms with E-state index in [4.69, 9.17) is 16.0 Å². The predicted molar refractivity (Wildman–Crippen MR) is 114 cm³/mol. The van der Waals surface area contributed by atoms with E-state index in [2.05, 4.69) is 19.7 Å². The van der Waals surface area contributed by atoms with Crippen LogP contribution in [0, 0.1) is 6.57 Å². The quantitative estimate of drug-likeness (QED) is 0.710. The zero-order valence-electron chi connectivity index (χ0n) is 17.8. The summed E-state index contributed by atoms with van der Waals surface area (Å²) in [6.45, 7) is 16.8. The van der Waals surface area contributed by atoms with E-state index in [1.54, 1.807) is 23.1 Å². The zero-order chi connectivity index (χ0) is 21.7. The molecule has 0 radical (unpaired) electrons. The number of carbonyl (C=O) groups excluding carboxylic acids is 1. The summed E-state index contributed by atoms with van der Waals surface area (Å²) in [6, 6.07) is 9.13. The molecule has 0 unspecified atom stereocenters. The van der Waals surface area contributed by atoms with E-state index in [1.165, 1.54) is 6.20 Å². The van der Waals surface area contributed by atoms with Crippen molar-refractivity contribution in [2.24, 2.45) is 0 Å². The van der Waals surface area contributed by atoms with Crippen LogP contribution in [-0.2, 0) is 11.3 Å². The van der Waals surface area contributed by atoms with Gasteiger partial charge in [0.05, 0.1) is 12.3 Å². The number of hydrogen-bond acceptors (Lipinski definition) is 6. The lowest BCUT2D eigenvalue weighted by Gasteiger charge is -2.40. The van der Waals surface area contributed by atoms with Crippen molar-refractivity contribution in [1.29, 1.82) is 0 Å². The number of ether oxygens (including phenoxy) is 2. The molecule has 3 heterocycles. The highest BCUT2D eigenvalue weighted by atomic mass is 16.6. The molecule has 3 rings (SSSR count). The Hall–Kier alpha value is -3.34. The van der Waals surface area contributed by atoms with E-state index in [0.717, 1.165) is 11.5 Å². The maximum atomic E-state index is 12.4. The highest BCUT2D eigenvalue weighted by Gasteiger charge is 2.31. The molecule has 1 amide bonds. The van der Waals surface area contributed by atoms with Crippen molar-refractivity contribution < 1.29 is 14.3 Å². The second-order valence-electron chi connectivity index (χ2n) is 8.21. The number of carbonyl (C=O) groups is 1. The van der Waals surface area contributed by atoms with Gasteiger partial charge < -0.3 is 19.3 Å². The monoisotopic (exact) mass is 409 g/mol. The van der Waals surface area contributed by atoms with Gasteiger partial charge in [0, 0.05) is 37.9 Å². The highest BCUT2D eigenvalue weighted by Crippen LogP contribution is 2.22. The summed E-state index contributed by atoms with van der Waals surface area (Å²) in [5.41, 5.74) is 0.722. The Kier molecular flexibility index (Phi) is 6.40. The van der Waals surface area contributed by atoms with Crippen LogP contribution in [0.5, 0.6) is 5.88 Å². The zero-order valence-corrected chi connectivity index (χ0v) is 17.8. The van der Waals surface area contributed by atoms with Gasteiger partial charge in [-0.15, -0.1) is 0 Å². The first-order valence-corrected chi connectivity index (χ1v) is 9.92. The molecule has 0 saturated carbocycles. The fraction of sp³-hybridized carbons (Fsp3) is 0.455. The molecule has 2 aromatic rings. The third-order valence-electron chi connectivity index (χ3n) is 4.59. The highest BCUT2D eigenvalue weighted by molar-refractivity contribution is 5.69. The molecule has 0 bridgehead atoms. The van der Waals surface area contributed by atoms with E-state index in [9.17, 15) is 4.79 Å². The number of anilines is 1. The molecule has 8 heteroatoms. The van der Waals surface area contributed by atoms with Crippen LogP contribution in [0.15, 0.2) is 36.5 Å². The molecular formula is C22H27N5O3. The number of hydrogen-bond donors (Lipinski definition) is 0. The van der Waals surface area contributed by atoms with Gasteiger partial charge in [-0.1, -0.05) is 12.1 Å². The summed E-state index contributed by atoms with van der Waals surface area (Å²) >= 11 is 0. The molecule has 1 atom stereocenters. The molecule has 1 aliphatic rings. The van der Waals surface area contributed by atoms with Gasteiger partial charge in [-0.3, -0.25) is 4.98 Å². The second kappa shape index (κ2) is 8.99. The van der Waals surface area contributed by atoms with Gasteiger partial charge in [0.1, 0.15) is 18.0 Å². The average molecular weight is 409 g/mol. The smallest absolute Gasteiger partial charge is 0.410 e. The molecule has 0 aromatic carbocycles. The minimum absolute atomic E-state index is 0.00476. The molecule has 1 fully saturated rings. The topological polar surface area (TPSA) is 72.2 Å². The Morgan fingerprint density at radius 2 is 2.07 bits per heavy atom.